The predicted molar refractivity (Wildman–Crippen MR) is 78.1 cm³/mol. The topological polar surface area (TPSA) is 58.6 Å². The zero-order chi connectivity index (χ0) is 14.5. The van der Waals surface area contributed by atoms with E-state index in [4.69, 9.17) is 21.4 Å². The first-order valence-electron chi connectivity index (χ1n) is 6.85. The highest BCUT2D eigenvalue weighted by molar-refractivity contribution is 6.32. The average molecular weight is 298 g/mol. The van der Waals surface area contributed by atoms with Crippen molar-refractivity contribution in [2.24, 2.45) is 5.92 Å². The molecule has 1 aromatic carbocycles. The monoisotopic (exact) mass is 297 g/mol. The second-order valence-electron chi connectivity index (χ2n) is 5.26. The Morgan fingerprint density at radius 3 is 2.85 bits per heavy atom. The van der Waals surface area contributed by atoms with Crippen molar-refractivity contribution in [3.63, 3.8) is 0 Å². The van der Waals surface area contributed by atoms with Gasteiger partial charge in [-0.1, -0.05) is 17.7 Å². The van der Waals surface area contributed by atoms with E-state index in [1.807, 2.05) is 18.2 Å². The van der Waals surface area contributed by atoms with Crippen molar-refractivity contribution >= 4 is 17.5 Å². The molecule has 1 amide bonds. The standard InChI is InChI=1S/C15H20ClNO3/c1-20-14-4-2-10(8-13(14)16)3-5-15(19)17-9-11-6-12(18)7-11/h2,4,8,11-12,18H,3,5-7,9H2,1H3,(H,17,19). The van der Waals surface area contributed by atoms with Gasteiger partial charge in [0, 0.05) is 13.0 Å². The number of hydrogen-bond donors (Lipinski definition) is 2. The molecule has 0 bridgehead atoms. The third kappa shape index (κ3) is 4.12. The molecule has 20 heavy (non-hydrogen) atoms. The van der Waals surface area contributed by atoms with Gasteiger partial charge in [-0.05, 0) is 42.9 Å². The molecule has 2 N–H and O–H groups in total. The van der Waals surface area contributed by atoms with Crippen LogP contribution in [0, 0.1) is 5.92 Å². The lowest BCUT2D eigenvalue weighted by atomic mass is 9.82. The molecular formula is C15H20ClNO3. The van der Waals surface area contributed by atoms with Crippen LogP contribution in [-0.2, 0) is 11.2 Å². The Labute approximate surface area is 124 Å². The molecule has 0 spiro atoms. The number of nitrogens with one attached hydrogen (secondary N) is 1. The number of hydrogen-bond acceptors (Lipinski definition) is 3. The Morgan fingerprint density at radius 1 is 1.50 bits per heavy atom. The maximum Gasteiger partial charge on any atom is 0.220 e. The van der Waals surface area contributed by atoms with E-state index < -0.39 is 0 Å². The van der Waals surface area contributed by atoms with Crippen LogP contribution in [0.15, 0.2) is 18.2 Å². The number of amides is 1. The Bertz CT molecular complexity index is 472. The van der Waals surface area contributed by atoms with Crippen LogP contribution >= 0.6 is 11.6 Å². The average Bonchev–Trinajstić information content (AvgIpc) is 2.40. The highest BCUT2D eigenvalue weighted by Crippen LogP contribution is 2.26. The van der Waals surface area contributed by atoms with Gasteiger partial charge in [0.1, 0.15) is 5.75 Å². The highest BCUT2D eigenvalue weighted by Gasteiger charge is 2.26. The zero-order valence-corrected chi connectivity index (χ0v) is 12.3. The van der Waals surface area contributed by atoms with E-state index in [1.165, 1.54) is 0 Å². The number of rotatable bonds is 6. The van der Waals surface area contributed by atoms with Crippen LogP contribution in [0.3, 0.4) is 0 Å². The molecule has 4 nitrogen and oxygen atoms in total. The van der Waals surface area contributed by atoms with Gasteiger partial charge in [0.25, 0.3) is 0 Å². The molecule has 1 aromatic rings. The Balaban J connectivity index is 1.71. The number of halogens is 1. The summed E-state index contributed by atoms with van der Waals surface area (Å²) < 4.78 is 5.09. The molecule has 0 radical (unpaired) electrons. The molecule has 0 saturated heterocycles. The summed E-state index contributed by atoms with van der Waals surface area (Å²) in [6.07, 6.45) is 2.53. The van der Waals surface area contributed by atoms with Crippen molar-refractivity contribution in [3.05, 3.63) is 28.8 Å². The van der Waals surface area contributed by atoms with Crippen molar-refractivity contribution in [2.45, 2.75) is 31.8 Å². The van der Waals surface area contributed by atoms with Crippen LogP contribution in [0.4, 0.5) is 0 Å². The normalized spacial score (nSPS) is 21.1. The first-order chi connectivity index (χ1) is 9.58. The van der Waals surface area contributed by atoms with E-state index in [-0.39, 0.29) is 12.0 Å². The van der Waals surface area contributed by atoms with Crippen LogP contribution in [0.2, 0.25) is 5.02 Å². The maximum absolute atomic E-state index is 11.7. The van der Waals surface area contributed by atoms with Crippen LogP contribution < -0.4 is 10.1 Å². The summed E-state index contributed by atoms with van der Waals surface area (Å²) in [4.78, 5) is 11.7. The molecule has 2 rings (SSSR count). The molecule has 1 aliphatic rings. The second kappa shape index (κ2) is 6.95. The van der Waals surface area contributed by atoms with Gasteiger partial charge in [-0.2, -0.15) is 0 Å². The molecule has 0 heterocycles. The van der Waals surface area contributed by atoms with Gasteiger partial charge >= 0.3 is 0 Å². The Morgan fingerprint density at radius 2 is 2.25 bits per heavy atom. The summed E-state index contributed by atoms with van der Waals surface area (Å²) in [5.74, 6) is 1.12. The minimum atomic E-state index is -0.168. The quantitative estimate of drug-likeness (QED) is 0.846. The van der Waals surface area contributed by atoms with Gasteiger partial charge in [0.15, 0.2) is 0 Å². The number of benzene rings is 1. The van der Waals surface area contributed by atoms with Gasteiger partial charge in [-0.15, -0.1) is 0 Å². The van der Waals surface area contributed by atoms with E-state index >= 15 is 0 Å². The fraction of sp³-hybridized carbons (Fsp3) is 0.533. The fourth-order valence-corrected chi connectivity index (χ4v) is 2.62. The lowest BCUT2D eigenvalue weighted by molar-refractivity contribution is -0.121. The Kier molecular flexibility index (Phi) is 5.26. The molecule has 1 fully saturated rings. The van der Waals surface area contributed by atoms with Gasteiger partial charge in [-0.3, -0.25) is 4.79 Å². The van der Waals surface area contributed by atoms with Gasteiger partial charge in [-0.25, -0.2) is 0 Å². The van der Waals surface area contributed by atoms with Crippen LogP contribution in [0.5, 0.6) is 5.75 Å². The van der Waals surface area contributed by atoms with E-state index in [2.05, 4.69) is 5.32 Å². The first-order valence-corrected chi connectivity index (χ1v) is 7.23. The minimum Gasteiger partial charge on any atom is -0.495 e. The van der Waals surface area contributed by atoms with Gasteiger partial charge < -0.3 is 15.2 Å². The fourth-order valence-electron chi connectivity index (χ4n) is 2.34. The summed E-state index contributed by atoms with van der Waals surface area (Å²) in [5, 5.41) is 12.6. The molecular weight excluding hydrogens is 278 g/mol. The van der Waals surface area contributed by atoms with Crippen molar-refractivity contribution in [2.75, 3.05) is 13.7 Å². The number of aliphatic hydroxyl groups excluding tert-OH is 1. The smallest absolute Gasteiger partial charge is 0.220 e. The summed E-state index contributed by atoms with van der Waals surface area (Å²) in [7, 11) is 1.58. The third-order valence-corrected chi connectivity index (χ3v) is 3.95. The largest absolute Gasteiger partial charge is 0.495 e. The minimum absolute atomic E-state index is 0.0401. The lowest BCUT2D eigenvalue weighted by Crippen LogP contribution is -2.38. The number of carbonyl (C=O) groups excluding carboxylic acids is 1. The van der Waals surface area contributed by atoms with Crippen LogP contribution in [0.1, 0.15) is 24.8 Å². The molecule has 0 unspecified atom stereocenters. The van der Waals surface area contributed by atoms with Crippen LogP contribution in [-0.4, -0.2) is 30.8 Å². The SMILES string of the molecule is COc1ccc(CCC(=O)NCC2CC(O)C2)cc1Cl. The maximum atomic E-state index is 11.7. The molecule has 110 valence electrons. The number of aliphatic hydroxyl groups is 1. The van der Waals surface area contributed by atoms with E-state index in [0.717, 1.165) is 18.4 Å². The molecule has 1 aliphatic carbocycles. The summed E-state index contributed by atoms with van der Waals surface area (Å²) in [6.45, 7) is 0.666. The molecule has 0 atom stereocenters. The molecule has 5 heteroatoms. The van der Waals surface area contributed by atoms with Crippen LogP contribution in [0.25, 0.3) is 0 Å². The number of ether oxygens (including phenoxy) is 1. The Hall–Kier alpha value is -1.26. The summed E-state index contributed by atoms with van der Waals surface area (Å²) in [6, 6.07) is 5.56. The van der Waals surface area contributed by atoms with Crippen molar-refractivity contribution in [1.82, 2.24) is 5.32 Å². The van der Waals surface area contributed by atoms with Gasteiger partial charge in [0.05, 0.1) is 18.2 Å². The van der Waals surface area contributed by atoms with Gasteiger partial charge in [0.2, 0.25) is 5.91 Å². The number of aryl methyl sites for hydroxylation is 1. The van der Waals surface area contributed by atoms with E-state index in [9.17, 15) is 4.79 Å². The van der Waals surface area contributed by atoms with Crippen molar-refractivity contribution in [1.29, 1.82) is 0 Å². The third-order valence-electron chi connectivity index (χ3n) is 3.66. The highest BCUT2D eigenvalue weighted by atomic mass is 35.5. The first kappa shape index (κ1) is 15.1. The van der Waals surface area contributed by atoms with Crippen molar-refractivity contribution < 1.29 is 14.6 Å². The predicted octanol–water partition coefficient (Wildman–Crippen LogP) is 2.17. The molecule has 1 saturated carbocycles. The van der Waals surface area contributed by atoms with E-state index in [0.29, 0.717) is 36.1 Å². The van der Waals surface area contributed by atoms with E-state index in [1.54, 1.807) is 7.11 Å². The summed E-state index contributed by atoms with van der Waals surface area (Å²) >= 11 is 6.04. The molecule has 0 aliphatic heterocycles. The summed E-state index contributed by atoms with van der Waals surface area (Å²) in [5.41, 5.74) is 1.02. The zero-order valence-electron chi connectivity index (χ0n) is 11.6. The number of carbonyl (C=O) groups is 1. The lowest BCUT2D eigenvalue weighted by Gasteiger charge is -2.31. The van der Waals surface area contributed by atoms with Crippen molar-refractivity contribution in [3.8, 4) is 5.75 Å². The number of methoxy groups -OCH3 is 1. The molecule has 0 aromatic heterocycles. The second-order valence-corrected chi connectivity index (χ2v) is 5.67.